The summed E-state index contributed by atoms with van der Waals surface area (Å²) in [5.74, 6) is -0.741. The van der Waals surface area contributed by atoms with Crippen LogP contribution in [0.1, 0.15) is 28.3 Å². The second-order valence-electron chi connectivity index (χ2n) is 7.22. The van der Waals surface area contributed by atoms with E-state index < -0.39 is 10.8 Å². The number of non-ortho nitro benzene ring substituents is 1. The number of nitro groups is 1. The average Bonchev–Trinajstić information content (AvgIpc) is 2.76. The third-order valence-electron chi connectivity index (χ3n) is 5.29. The first kappa shape index (κ1) is 19.9. The van der Waals surface area contributed by atoms with Crippen LogP contribution in [0.15, 0.2) is 76.9 Å². The number of nitro benzene ring substituents is 1. The van der Waals surface area contributed by atoms with Gasteiger partial charge in [-0.3, -0.25) is 14.9 Å². The third kappa shape index (κ3) is 3.53. The molecule has 1 aliphatic rings. The molecule has 1 aromatic heterocycles. The normalized spacial score (nSPS) is 15.0. The molecule has 1 aliphatic heterocycles. The highest BCUT2D eigenvalue weighted by Gasteiger charge is 2.35. The summed E-state index contributed by atoms with van der Waals surface area (Å²) in [6.45, 7) is 2.12. The second-order valence-corrected chi connectivity index (χ2v) is 7.22. The summed E-state index contributed by atoms with van der Waals surface area (Å²) in [6, 6.07) is 19.1. The molecule has 0 aliphatic carbocycles. The lowest BCUT2D eigenvalue weighted by molar-refractivity contribution is -0.384. The highest BCUT2D eigenvalue weighted by molar-refractivity contribution is 5.56. The molecule has 0 saturated heterocycles. The summed E-state index contributed by atoms with van der Waals surface area (Å²) in [6.07, 6.45) is 0. The number of nitrogens with two attached hydrogens (primary N) is 1. The number of rotatable bonds is 4. The zero-order chi connectivity index (χ0) is 22.1. The fraction of sp³-hybridized carbons (Fsp3) is 0.130. The van der Waals surface area contributed by atoms with E-state index in [-0.39, 0.29) is 34.0 Å². The van der Waals surface area contributed by atoms with E-state index in [0.29, 0.717) is 17.8 Å². The van der Waals surface area contributed by atoms with E-state index >= 15 is 0 Å². The zero-order valence-corrected chi connectivity index (χ0v) is 16.6. The Bertz CT molecular complexity index is 1320. The van der Waals surface area contributed by atoms with Gasteiger partial charge in [-0.05, 0) is 18.1 Å². The monoisotopic (exact) mass is 414 g/mol. The summed E-state index contributed by atoms with van der Waals surface area (Å²) in [4.78, 5) is 24.3. The Kier molecular flexibility index (Phi) is 5.01. The van der Waals surface area contributed by atoms with Crippen LogP contribution in [0.4, 0.5) is 5.69 Å². The van der Waals surface area contributed by atoms with Crippen LogP contribution in [0.5, 0.6) is 5.75 Å². The first-order valence-electron chi connectivity index (χ1n) is 9.51. The van der Waals surface area contributed by atoms with Crippen LogP contribution in [-0.4, -0.2) is 9.49 Å². The van der Waals surface area contributed by atoms with Crippen molar-refractivity contribution < 1.29 is 9.66 Å². The molecule has 0 saturated carbocycles. The molecular weight excluding hydrogens is 396 g/mol. The van der Waals surface area contributed by atoms with Gasteiger partial charge in [0.05, 0.1) is 22.9 Å². The maximum Gasteiger partial charge on any atom is 0.269 e. The fourth-order valence-corrected chi connectivity index (χ4v) is 3.80. The predicted molar refractivity (Wildman–Crippen MR) is 113 cm³/mol. The van der Waals surface area contributed by atoms with Gasteiger partial charge in [-0.15, -0.1) is 0 Å². The average molecular weight is 414 g/mol. The fourth-order valence-electron chi connectivity index (χ4n) is 3.80. The molecule has 8 heteroatoms. The number of pyridine rings is 1. The maximum absolute atomic E-state index is 13.6. The smallest absolute Gasteiger partial charge is 0.269 e. The molecule has 154 valence electrons. The van der Waals surface area contributed by atoms with E-state index in [4.69, 9.17) is 10.5 Å². The number of ether oxygens (including phenoxy) is 1. The Morgan fingerprint density at radius 1 is 1.19 bits per heavy atom. The number of hydrogen-bond acceptors (Lipinski definition) is 6. The van der Waals surface area contributed by atoms with Gasteiger partial charge < -0.3 is 15.0 Å². The van der Waals surface area contributed by atoms with Crippen molar-refractivity contribution >= 4 is 5.69 Å². The third-order valence-corrected chi connectivity index (χ3v) is 5.29. The number of benzene rings is 2. The van der Waals surface area contributed by atoms with Crippen molar-refractivity contribution in [2.45, 2.75) is 19.4 Å². The molecule has 2 aromatic carbocycles. The SMILES string of the molecule is Cc1cc2c(c(=O)n1Cc1ccccc1)[C@H](c1cccc([N+](=O)[O-])c1)C(C#N)=C(N)O2. The Hall–Kier alpha value is -4.38. The van der Waals surface area contributed by atoms with Gasteiger partial charge in [0.25, 0.3) is 11.2 Å². The summed E-state index contributed by atoms with van der Waals surface area (Å²) in [7, 11) is 0. The van der Waals surface area contributed by atoms with Crippen molar-refractivity contribution in [3.05, 3.63) is 115 Å². The van der Waals surface area contributed by atoms with Crippen LogP contribution < -0.4 is 16.0 Å². The van der Waals surface area contributed by atoms with Gasteiger partial charge in [0.1, 0.15) is 17.4 Å². The van der Waals surface area contributed by atoms with Gasteiger partial charge in [0.15, 0.2) is 0 Å². The van der Waals surface area contributed by atoms with Crippen LogP contribution in [0.3, 0.4) is 0 Å². The van der Waals surface area contributed by atoms with Crippen LogP contribution in [0.25, 0.3) is 0 Å². The summed E-state index contributed by atoms with van der Waals surface area (Å²) in [5.41, 5.74) is 7.80. The number of aryl methyl sites for hydroxylation is 1. The summed E-state index contributed by atoms with van der Waals surface area (Å²) >= 11 is 0. The molecule has 2 heterocycles. The minimum absolute atomic E-state index is 0.0419. The van der Waals surface area contributed by atoms with Crippen molar-refractivity contribution in [2.24, 2.45) is 5.73 Å². The van der Waals surface area contributed by atoms with Crippen LogP contribution >= 0.6 is 0 Å². The molecule has 1 atom stereocenters. The van der Waals surface area contributed by atoms with Crippen molar-refractivity contribution in [1.29, 1.82) is 5.26 Å². The highest BCUT2D eigenvalue weighted by Crippen LogP contribution is 2.41. The van der Waals surface area contributed by atoms with E-state index in [1.54, 1.807) is 23.6 Å². The lowest BCUT2D eigenvalue weighted by atomic mass is 9.84. The maximum atomic E-state index is 13.6. The summed E-state index contributed by atoms with van der Waals surface area (Å²) in [5, 5.41) is 21.0. The van der Waals surface area contributed by atoms with E-state index in [9.17, 15) is 20.2 Å². The van der Waals surface area contributed by atoms with Gasteiger partial charge in [-0.2, -0.15) is 5.26 Å². The minimum Gasteiger partial charge on any atom is -0.440 e. The van der Waals surface area contributed by atoms with E-state index in [2.05, 4.69) is 0 Å². The quantitative estimate of drug-likeness (QED) is 0.516. The van der Waals surface area contributed by atoms with Gasteiger partial charge in [-0.25, -0.2) is 0 Å². The molecular formula is C23H18N4O4. The molecule has 0 spiro atoms. The molecule has 0 unspecified atom stereocenters. The van der Waals surface area contributed by atoms with Gasteiger partial charge in [-0.1, -0.05) is 42.5 Å². The first-order chi connectivity index (χ1) is 14.9. The Labute approximate surface area is 177 Å². The van der Waals surface area contributed by atoms with Crippen molar-refractivity contribution in [3.63, 3.8) is 0 Å². The molecule has 3 aromatic rings. The standard InChI is InChI=1S/C23H18N4O4/c1-14-10-19-21(23(28)26(14)13-15-6-3-2-4-7-15)20(18(12-24)22(25)31-19)16-8-5-9-17(11-16)27(29)30/h2-11,20H,13,25H2,1H3/t20-/m1/s1. The van der Waals surface area contributed by atoms with E-state index in [1.807, 2.05) is 36.4 Å². The zero-order valence-electron chi connectivity index (χ0n) is 16.6. The van der Waals surface area contributed by atoms with Gasteiger partial charge >= 0.3 is 0 Å². The number of nitrogens with zero attached hydrogens (tertiary/aromatic N) is 3. The van der Waals surface area contributed by atoms with Gasteiger partial charge in [0.2, 0.25) is 5.88 Å². The Balaban J connectivity index is 1.94. The van der Waals surface area contributed by atoms with Crippen molar-refractivity contribution in [1.82, 2.24) is 4.57 Å². The van der Waals surface area contributed by atoms with Crippen molar-refractivity contribution in [2.75, 3.05) is 0 Å². The topological polar surface area (TPSA) is 124 Å². The predicted octanol–water partition coefficient (Wildman–Crippen LogP) is 3.33. The second kappa shape index (κ2) is 7.80. The number of hydrogen-bond donors (Lipinski definition) is 1. The number of aromatic nitrogens is 1. The summed E-state index contributed by atoms with van der Waals surface area (Å²) < 4.78 is 7.21. The minimum atomic E-state index is -0.872. The van der Waals surface area contributed by atoms with Crippen LogP contribution in [-0.2, 0) is 6.54 Å². The lowest BCUT2D eigenvalue weighted by Gasteiger charge is -2.27. The molecule has 31 heavy (non-hydrogen) atoms. The first-order valence-corrected chi connectivity index (χ1v) is 9.51. The molecule has 0 radical (unpaired) electrons. The number of nitriles is 1. The molecule has 4 rings (SSSR count). The van der Waals surface area contributed by atoms with Crippen LogP contribution in [0, 0.1) is 28.4 Å². The number of fused-ring (bicyclic) bond motifs is 1. The largest absolute Gasteiger partial charge is 0.440 e. The molecule has 2 N–H and O–H groups in total. The van der Waals surface area contributed by atoms with E-state index in [0.717, 1.165) is 5.56 Å². The van der Waals surface area contributed by atoms with Crippen LogP contribution in [0.2, 0.25) is 0 Å². The number of allylic oxidation sites excluding steroid dienone is 1. The van der Waals surface area contributed by atoms with Gasteiger partial charge in [0, 0.05) is 23.9 Å². The van der Waals surface area contributed by atoms with Crippen molar-refractivity contribution in [3.8, 4) is 11.8 Å². The lowest BCUT2D eigenvalue weighted by Crippen LogP contribution is -2.33. The van der Waals surface area contributed by atoms with E-state index in [1.165, 1.54) is 18.2 Å². The molecule has 0 amide bonds. The molecule has 0 bridgehead atoms. The molecule has 0 fully saturated rings. The molecule has 8 nitrogen and oxygen atoms in total. The Morgan fingerprint density at radius 3 is 2.61 bits per heavy atom. The highest BCUT2D eigenvalue weighted by atomic mass is 16.6. The Morgan fingerprint density at radius 2 is 1.94 bits per heavy atom.